The van der Waals surface area contributed by atoms with Crippen molar-refractivity contribution in [3.8, 4) is 11.4 Å². The Hall–Kier alpha value is -2.03. The topological polar surface area (TPSA) is 76.3 Å². The minimum Gasteiger partial charge on any atom is -0.339 e. The lowest BCUT2D eigenvalue weighted by Gasteiger charge is -2.30. The molecular formula is C22H24BrN3O3S. The number of benzene rings is 2. The van der Waals surface area contributed by atoms with Crippen LogP contribution in [0.4, 0.5) is 0 Å². The largest absolute Gasteiger partial charge is 0.339 e. The summed E-state index contributed by atoms with van der Waals surface area (Å²) >= 11 is 3.41. The van der Waals surface area contributed by atoms with Crippen LogP contribution < -0.4 is 0 Å². The van der Waals surface area contributed by atoms with Gasteiger partial charge < -0.3 is 4.52 Å². The van der Waals surface area contributed by atoms with E-state index in [-0.39, 0.29) is 5.92 Å². The Morgan fingerprint density at radius 1 is 1.10 bits per heavy atom. The molecule has 0 radical (unpaired) electrons. The van der Waals surface area contributed by atoms with Crippen molar-refractivity contribution in [2.45, 2.75) is 43.4 Å². The minimum absolute atomic E-state index is 0.111. The van der Waals surface area contributed by atoms with E-state index in [1.54, 1.807) is 12.1 Å². The lowest BCUT2D eigenvalue weighted by atomic mass is 10.00. The average molecular weight is 490 g/mol. The summed E-state index contributed by atoms with van der Waals surface area (Å²) < 4.78 is 34.3. The molecule has 1 saturated heterocycles. The number of nitrogens with zero attached hydrogens (tertiary/aromatic N) is 3. The Balaban J connectivity index is 1.52. The van der Waals surface area contributed by atoms with Crippen molar-refractivity contribution in [2.75, 3.05) is 13.1 Å². The molecule has 1 atom stereocenters. The maximum absolute atomic E-state index is 13.2. The van der Waals surface area contributed by atoms with Crippen LogP contribution in [0.5, 0.6) is 0 Å². The van der Waals surface area contributed by atoms with Gasteiger partial charge in [0, 0.05) is 23.1 Å². The van der Waals surface area contributed by atoms with Crippen molar-refractivity contribution < 1.29 is 12.9 Å². The van der Waals surface area contributed by atoms with E-state index in [0.29, 0.717) is 35.6 Å². The molecule has 0 aliphatic carbocycles. The molecule has 1 aliphatic heterocycles. The molecule has 1 aliphatic rings. The summed E-state index contributed by atoms with van der Waals surface area (Å²) in [7, 11) is -3.56. The van der Waals surface area contributed by atoms with Crippen molar-refractivity contribution >= 4 is 26.0 Å². The maximum Gasteiger partial charge on any atom is 0.243 e. The van der Waals surface area contributed by atoms with Crippen LogP contribution in [-0.4, -0.2) is 36.0 Å². The molecule has 30 heavy (non-hydrogen) atoms. The van der Waals surface area contributed by atoms with E-state index < -0.39 is 10.0 Å². The summed E-state index contributed by atoms with van der Waals surface area (Å²) in [6, 6.07) is 14.9. The molecule has 1 aromatic heterocycles. The van der Waals surface area contributed by atoms with E-state index >= 15 is 0 Å². The first-order chi connectivity index (χ1) is 14.3. The Kier molecular flexibility index (Phi) is 6.09. The van der Waals surface area contributed by atoms with Gasteiger partial charge in [0.25, 0.3) is 0 Å². The molecule has 2 aromatic carbocycles. The molecule has 2 heterocycles. The van der Waals surface area contributed by atoms with E-state index in [1.165, 1.54) is 4.31 Å². The molecule has 0 spiro atoms. The van der Waals surface area contributed by atoms with Gasteiger partial charge in [-0.2, -0.15) is 9.29 Å². The van der Waals surface area contributed by atoms with E-state index in [0.717, 1.165) is 28.4 Å². The fourth-order valence-electron chi connectivity index (χ4n) is 3.65. The van der Waals surface area contributed by atoms with Crippen molar-refractivity contribution in [2.24, 2.45) is 0 Å². The number of piperidine rings is 1. The van der Waals surface area contributed by atoms with E-state index in [1.807, 2.05) is 36.4 Å². The molecule has 0 bridgehead atoms. The minimum atomic E-state index is -3.56. The van der Waals surface area contributed by atoms with E-state index in [2.05, 4.69) is 39.9 Å². The quantitative estimate of drug-likeness (QED) is 0.492. The van der Waals surface area contributed by atoms with Gasteiger partial charge in [0.1, 0.15) is 0 Å². The Bertz CT molecular complexity index is 1110. The third-order valence-electron chi connectivity index (χ3n) is 5.46. The van der Waals surface area contributed by atoms with Gasteiger partial charge >= 0.3 is 0 Å². The first-order valence-electron chi connectivity index (χ1n) is 10.0. The molecule has 1 unspecified atom stereocenters. The second-order valence-electron chi connectivity index (χ2n) is 7.89. The molecule has 0 N–H and O–H groups in total. The molecule has 158 valence electrons. The van der Waals surface area contributed by atoms with Crippen LogP contribution in [0.15, 0.2) is 62.4 Å². The van der Waals surface area contributed by atoms with Gasteiger partial charge in [-0.25, -0.2) is 8.42 Å². The summed E-state index contributed by atoms with van der Waals surface area (Å²) in [6.07, 6.45) is 1.57. The van der Waals surface area contributed by atoms with Crippen LogP contribution in [0, 0.1) is 0 Å². The smallest absolute Gasteiger partial charge is 0.243 e. The zero-order chi connectivity index (χ0) is 21.3. The number of aromatic nitrogens is 2. The van der Waals surface area contributed by atoms with Crippen LogP contribution >= 0.6 is 15.9 Å². The van der Waals surface area contributed by atoms with Crippen molar-refractivity contribution in [3.05, 3.63) is 64.5 Å². The fourth-order valence-corrected chi connectivity index (χ4v) is 5.44. The second-order valence-corrected chi connectivity index (χ2v) is 10.7. The van der Waals surface area contributed by atoms with E-state index in [4.69, 9.17) is 4.52 Å². The summed E-state index contributed by atoms with van der Waals surface area (Å²) in [5.74, 6) is 1.25. The average Bonchev–Trinajstić information content (AvgIpc) is 3.25. The molecular weight excluding hydrogens is 466 g/mol. The molecule has 1 fully saturated rings. The van der Waals surface area contributed by atoms with Gasteiger partial charge in [-0.1, -0.05) is 47.1 Å². The predicted molar refractivity (Wildman–Crippen MR) is 119 cm³/mol. The Morgan fingerprint density at radius 3 is 2.47 bits per heavy atom. The molecule has 8 heteroatoms. The third-order valence-corrected chi connectivity index (χ3v) is 7.87. The summed E-state index contributed by atoms with van der Waals surface area (Å²) in [5, 5.41) is 4.09. The zero-order valence-electron chi connectivity index (χ0n) is 17.0. The predicted octanol–water partition coefficient (Wildman–Crippen LogP) is 5.19. The van der Waals surface area contributed by atoms with Crippen molar-refractivity contribution in [1.82, 2.24) is 14.4 Å². The van der Waals surface area contributed by atoms with Crippen molar-refractivity contribution in [1.29, 1.82) is 0 Å². The molecule has 4 rings (SSSR count). The van der Waals surface area contributed by atoms with Crippen LogP contribution in [-0.2, 0) is 10.0 Å². The highest BCUT2D eigenvalue weighted by atomic mass is 79.9. The number of rotatable bonds is 5. The van der Waals surface area contributed by atoms with Gasteiger partial charge in [0.15, 0.2) is 0 Å². The third kappa shape index (κ3) is 4.36. The summed E-state index contributed by atoms with van der Waals surface area (Å²) in [6.45, 7) is 5.02. The molecule has 0 saturated carbocycles. The Morgan fingerprint density at radius 2 is 1.80 bits per heavy atom. The first-order valence-corrected chi connectivity index (χ1v) is 12.3. The number of hydrogen-bond donors (Lipinski definition) is 0. The standard InChI is InChI=1S/C22H24BrN3O3S/c1-15(2)16-7-11-20(12-8-16)30(27,28)26-13-3-4-18(14-26)22-24-21(25-29-22)17-5-9-19(23)10-6-17/h5-12,15,18H,3-4,13-14H2,1-2H3. The number of halogens is 1. The van der Waals surface area contributed by atoms with Gasteiger partial charge in [0.05, 0.1) is 10.8 Å². The first kappa shape index (κ1) is 21.2. The van der Waals surface area contributed by atoms with Crippen molar-refractivity contribution in [3.63, 3.8) is 0 Å². The summed E-state index contributed by atoms with van der Waals surface area (Å²) in [5.41, 5.74) is 1.98. The zero-order valence-corrected chi connectivity index (χ0v) is 19.4. The SMILES string of the molecule is CC(C)c1ccc(S(=O)(=O)N2CCCC(c3nc(-c4ccc(Br)cc4)no3)C2)cc1. The van der Waals surface area contributed by atoms with Crippen LogP contribution in [0.2, 0.25) is 0 Å². The Labute approximate surface area is 185 Å². The van der Waals surface area contributed by atoms with Gasteiger partial charge in [-0.15, -0.1) is 0 Å². The monoisotopic (exact) mass is 489 g/mol. The fraction of sp³-hybridized carbons (Fsp3) is 0.364. The lowest BCUT2D eigenvalue weighted by molar-refractivity contribution is 0.265. The maximum atomic E-state index is 13.2. The van der Waals surface area contributed by atoms with Gasteiger partial charge in [-0.05, 0) is 60.7 Å². The summed E-state index contributed by atoms with van der Waals surface area (Å²) in [4.78, 5) is 4.87. The molecule has 3 aromatic rings. The lowest BCUT2D eigenvalue weighted by Crippen LogP contribution is -2.39. The van der Waals surface area contributed by atoms with Crippen LogP contribution in [0.3, 0.4) is 0 Å². The highest BCUT2D eigenvalue weighted by molar-refractivity contribution is 9.10. The second kappa shape index (κ2) is 8.61. The normalized spacial score (nSPS) is 18.1. The number of hydrogen-bond acceptors (Lipinski definition) is 5. The molecule has 0 amide bonds. The van der Waals surface area contributed by atoms with Gasteiger partial charge in [0.2, 0.25) is 21.7 Å². The highest BCUT2D eigenvalue weighted by Crippen LogP contribution is 2.31. The van der Waals surface area contributed by atoms with Crippen LogP contribution in [0.1, 0.15) is 50.0 Å². The highest BCUT2D eigenvalue weighted by Gasteiger charge is 2.33. The van der Waals surface area contributed by atoms with E-state index in [9.17, 15) is 8.42 Å². The van der Waals surface area contributed by atoms with Gasteiger partial charge in [-0.3, -0.25) is 0 Å². The molecule has 6 nitrogen and oxygen atoms in total. The van der Waals surface area contributed by atoms with Crippen LogP contribution in [0.25, 0.3) is 11.4 Å². The number of sulfonamides is 1.